The zero-order valence-electron chi connectivity index (χ0n) is 10.7. The molecule has 1 aliphatic carbocycles. The monoisotopic (exact) mass is 311 g/mol. The molecular formula is C15H15Cl2NS. The van der Waals surface area contributed by atoms with Crippen LogP contribution in [0.4, 0.5) is 5.69 Å². The van der Waals surface area contributed by atoms with Crippen molar-refractivity contribution in [3.05, 3.63) is 49.6 Å². The number of benzene rings is 1. The summed E-state index contributed by atoms with van der Waals surface area (Å²) < 4.78 is 0.883. The van der Waals surface area contributed by atoms with Crippen LogP contribution in [0.25, 0.3) is 0 Å². The number of hydrogen-bond acceptors (Lipinski definition) is 2. The summed E-state index contributed by atoms with van der Waals surface area (Å²) in [6.45, 7) is 2.05. The van der Waals surface area contributed by atoms with Gasteiger partial charge < -0.3 is 5.32 Å². The van der Waals surface area contributed by atoms with E-state index < -0.39 is 0 Å². The van der Waals surface area contributed by atoms with Crippen molar-refractivity contribution in [1.82, 2.24) is 0 Å². The van der Waals surface area contributed by atoms with Gasteiger partial charge in [-0.15, -0.1) is 11.3 Å². The average molecular weight is 312 g/mol. The zero-order chi connectivity index (χ0) is 13.4. The summed E-state index contributed by atoms with van der Waals surface area (Å²) in [6, 6.07) is 8.56. The highest BCUT2D eigenvalue weighted by molar-refractivity contribution is 7.16. The minimum absolute atomic E-state index is 0.327. The van der Waals surface area contributed by atoms with E-state index in [4.69, 9.17) is 23.2 Å². The van der Waals surface area contributed by atoms with Crippen molar-refractivity contribution in [1.29, 1.82) is 0 Å². The predicted octanol–water partition coefficient (Wildman–Crippen LogP) is 5.85. The van der Waals surface area contributed by atoms with E-state index in [1.807, 2.05) is 13.0 Å². The third-order valence-corrected chi connectivity index (χ3v) is 5.19. The van der Waals surface area contributed by atoms with Crippen molar-refractivity contribution in [2.24, 2.45) is 0 Å². The van der Waals surface area contributed by atoms with Gasteiger partial charge in [-0.2, -0.15) is 0 Å². The van der Waals surface area contributed by atoms with Crippen LogP contribution in [0.1, 0.15) is 34.9 Å². The van der Waals surface area contributed by atoms with E-state index in [0.717, 1.165) is 27.9 Å². The fourth-order valence-electron chi connectivity index (χ4n) is 2.60. The number of fused-ring (bicyclic) bond motifs is 1. The van der Waals surface area contributed by atoms with E-state index in [9.17, 15) is 0 Å². The van der Waals surface area contributed by atoms with Crippen LogP contribution in [0, 0.1) is 6.92 Å². The molecular weight excluding hydrogens is 297 g/mol. The maximum atomic E-state index is 6.30. The molecule has 2 aromatic rings. The number of thiophene rings is 1. The van der Waals surface area contributed by atoms with Gasteiger partial charge in [-0.05, 0) is 55.5 Å². The molecule has 0 fully saturated rings. The maximum Gasteiger partial charge on any atom is 0.0934 e. The second-order valence-corrected chi connectivity index (χ2v) is 7.18. The van der Waals surface area contributed by atoms with Gasteiger partial charge in [0.15, 0.2) is 0 Å². The maximum absolute atomic E-state index is 6.30. The van der Waals surface area contributed by atoms with Gasteiger partial charge in [0.25, 0.3) is 0 Å². The van der Waals surface area contributed by atoms with E-state index >= 15 is 0 Å². The van der Waals surface area contributed by atoms with Crippen molar-refractivity contribution in [3.8, 4) is 0 Å². The minimum atomic E-state index is 0.327. The quantitative estimate of drug-likeness (QED) is 0.733. The third-order valence-electron chi connectivity index (χ3n) is 3.54. The van der Waals surface area contributed by atoms with Crippen LogP contribution in [0.15, 0.2) is 24.3 Å². The van der Waals surface area contributed by atoms with Gasteiger partial charge >= 0.3 is 0 Å². The average Bonchev–Trinajstić information content (AvgIpc) is 2.74. The lowest BCUT2D eigenvalue weighted by Crippen LogP contribution is -2.15. The lowest BCUT2D eigenvalue weighted by Gasteiger charge is -2.25. The summed E-state index contributed by atoms with van der Waals surface area (Å²) in [6.07, 6.45) is 3.47. The number of halogens is 2. The Balaban J connectivity index is 1.88. The number of hydrogen-bond donors (Lipinski definition) is 1. The van der Waals surface area contributed by atoms with Crippen molar-refractivity contribution in [2.45, 2.75) is 32.2 Å². The zero-order valence-corrected chi connectivity index (χ0v) is 13.0. The van der Waals surface area contributed by atoms with Crippen molar-refractivity contribution in [2.75, 3.05) is 5.32 Å². The van der Waals surface area contributed by atoms with Gasteiger partial charge in [0.05, 0.1) is 21.1 Å². The minimum Gasteiger partial charge on any atom is -0.377 e. The molecule has 0 aliphatic heterocycles. The standard InChI is InChI=1S/C15H15Cl2NS/c1-9-5-6-13(11(16)7-9)18-12-3-2-4-14-10(12)8-15(17)19-14/h5-8,12,18H,2-4H2,1H3. The van der Waals surface area contributed by atoms with E-state index in [1.165, 1.54) is 22.4 Å². The van der Waals surface area contributed by atoms with Crippen molar-refractivity contribution < 1.29 is 0 Å². The first kappa shape index (κ1) is 13.3. The smallest absolute Gasteiger partial charge is 0.0934 e. The summed E-state index contributed by atoms with van der Waals surface area (Å²) in [5, 5.41) is 4.35. The molecule has 1 atom stereocenters. The first-order valence-electron chi connectivity index (χ1n) is 6.44. The molecule has 1 aliphatic rings. The summed E-state index contributed by atoms with van der Waals surface area (Å²) in [4.78, 5) is 1.41. The molecule has 1 nitrogen and oxygen atoms in total. The summed E-state index contributed by atoms with van der Waals surface area (Å²) in [5.74, 6) is 0. The highest BCUT2D eigenvalue weighted by Gasteiger charge is 2.23. The molecule has 0 bridgehead atoms. The Hall–Kier alpha value is -0.700. The molecule has 0 radical (unpaired) electrons. The molecule has 0 saturated carbocycles. The van der Waals surface area contributed by atoms with Gasteiger partial charge in [0.2, 0.25) is 0 Å². The molecule has 19 heavy (non-hydrogen) atoms. The van der Waals surface area contributed by atoms with Crippen LogP contribution in [0.5, 0.6) is 0 Å². The van der Waals surface area contributed by atoms with Crippen LogP contribution in [-0.4, -0.2) is 0 Å². The molecule has 0 saturated heterocycles. The second-order valence-electron chi connectivity index (χ2n) is 5.00. The van der Waals surface area contributed by atoms with E-state index in [0.29, 0.717) is 6.04 Å². The first-order chi connectivity index (χ1) is 9.13. The van der Waals surface area contributed by atoms with Gasteiger partial charge in [0, 0.05) is 4.88 Å². The predicted molar refractivity (Wildman–Crippen MR) is 84.8 cm³/mol. The number of rotatable bonds is 2. The molecule has 3 rings (SSSR count). The van der Waals surface area contributed by atoms with Gasteiger partial charge in [-0.3, -0.25) is 0 Å². The Morgan fingerprint density at radius 3 is 2.89 bits per heavy atom. The Morgan fingerprint density at radius 2 is 2.11 bits per heavy atom. The molecule has 1 aromatic heterocycles. The molecule has 0 amide bonds. The molecule has 1 N–H and O–H groups in total. The second kappa shape index (κ2) is 5.35. The van der Waals surface area contributed by atoms with Crippen LogP contribution in [0.2, 0.25) is 9.36 Å². The molecule has 100 valence electrons. The lowest BCUT2D eigenvalue weighted by molar-refractivity contribution is 0.609. The van der Waals surface area contributed by atoms with Crippen molar-refractivity contribution in [3.63, 3.8) is 0 Å². The summed E-state index contributed by atoms with van der Waals surface area (Å²) >= 11 is 14.1. The molecule has 1 heterocycles. The number of aryl methyl sites for hydroxylation is 2. The van der Waals surface area contributed by atoms with Gasteiger partial charge in [0.1, 0.15) is 0 Å². The highest BCUT2D eigenvalue weighted by Crippen LogP contribution is 2.40. The molecule has 4 heteroatoms. The van der Waals surface area contributed by atoms with Crippen molar-refractivity contribution >= 4 is 40.2 Å². The Labute approximate surface area is 127 Å². The van der Waals surface area contributed by atoms with Crippen LogP contribution >= 0.6 is 34.5 Å². The Bertz CT molecular complexity index is 606. The van der Waals surface area contributed by atoms with E-state index in [-0.39, 0.29) is 0 Å². The van der Waals surface area contributed by atoms with Crippen LogP contribution in [-0.2, 0) is 6.42 Å². The number of anilines is 1. The first-order valence-corrected chi connectivity index (χ1v) is 8.01. The molecule has 1 aromatic carbocycles. The highest BCUT2D eigenvalue weighted by atomic mass is 35.5. The van der Waals surface area contributed by atoms with E-state index in [2.05, 4.69) is 23.5 Å². The molecule has 1 unspecified atom stereocenters. The SMILES string of the molecule is Cc1ccc(NC2CCCc3sc(Cl)cc32)c(Cl)c1. The van der Waals surface area contributed by atoms with Gasteiger partial charge in [-0.1, -0.05) is 29.3 Å². The van der Waals surface area contributed by atoms with Crippen LogP contribution in [0.3, 0.4) is 0 Å². The fourth-order valence-corrected chi connectivity index (χ4v) is 4.27. The van der Waals surface area contributed by atoms with E-state index in [1.54, 1.807) is 11.3 Å². The summed E-state index contributed by atoms with van der Waals surface area (Å²) in [5.41, 5.74) is 3.53. The largest absolute Gasteiger partial charge is 0.377 e. The lowest BCUT2D eigenvalue weighted by atomic mass is 9.94. The summed E-state index contributed by atoms with van der Waals surface area (Å²) in [7, 11) is 0. The normalized spacial score (nSPS) is 18.2. The fraction of sp³-hybridized carbons (Fsp3) is 0.333. The Morgan fingerprint density at radius 1 is 1.26 bits per heavy atom. The third kappa shape index (κ3) is 2.76. The number of nitrogens with one attached hydrogen (secondary N) is 1. The molecule has 0 spiro atoms. The topological polar surface area (TPSA) is 12.0 Å². The Kier molecular flexibility index (Phi) is 3.75. The van der Waals surface area contributed by atoms with Crippen LogP contribution < -0.4 is 5.32 Å². The van der Waals surface area contributed by atoms with Gasteiger partial charge in [-0.25, -0.2) is 0 Å².